The average molecular weight is 248 g/mol. The number of hydrogen-bond donors (Lipinski definition) is 1. The van der Waals surface area contributed by atoms with Gasteiger partial charge in [-0.2, -0.15) is 5.26 Å². The molecule has 4 nitrogen and oxygen atoms in total. The molecule has 1 aliphatic rings. The molecule has 0 spiro atoms. The lowest BCUT2D eigenvalue weighted by atomic mass is 10.1. The highest BCUT2D eigenvalue weighted by molar-refractivity contribution is 5.92. The number of fused-ring (bicyclic) bond motifs is 1. The molecule has 92 valence electrons. The number of aromatic nitrogens is 1. The Morgan fingerprint density at radius 2 is 2.11 bits per heavy atom. The minimum absolute atomic E-state index is 0.275. The van der Waals surface area contributed by atoms with Gasteiger partial charge in [0.05, 0.1) is 16.8 Å². The van der Waals surface area contributed by atoms with E-state index >= 15 is 0 Å². The first kappa shape index (κ1) is 11.5. The molecule has 1 aromatic carbocycles. The van der Waals surface area contributed by atoms with Gasteiger partial charge in [0, 0.05) is 17.8 Å². The predicted molar refractivity (Wildman–Crippen MR) is 75.0 cm³/mol. The molecule has 4 heteroatoms. The second kappa shape index (κ2) is 4.56. The van der Waals surface area contributed by atoms with Crippen LogP contribution in [0.15, 0.2) is 60.5 Å². The van der Waals surface area contributed by atoms with Gasteiger partial charge in [0.25, 0.3) is 0 Å². The molecule has 19 heavy (non-hydrogen) atoms. The number of pyridine rings is 1. The number of hydrogen-bond acceptors (Lipinski definition) is 4. The van der Waals surface area contributed by atoms with E-state index in [9.17, 15) is 0 Å². The summed E-state index contributed by atoms with van der Waals surface area (Å²) in [5, 5.41) is 10.0. The van der Waals surface area contributed by atoms with E-state index in [2.05, 4.69) is 11.1 Å². The van der Waals surface area contributed by atoms with E-state index in [0.29, 0.717) is 5.57 Å². The van der Waals surface area contributed by atoms with Gasteiger partial charge in [0.1, 0.15) is 12.2 Å². The van der Waals surface area contributed by atoms with Gasteiger partial charge in [-0.1, -0.05) is 18.2 Å². The topological polar surface area (TPSA) is 65.9 Å². The van der Waals surface area contributed by atoms with E-state index in [1.807, 2.05) is 41.3 Å². The van der Waals surface area contributed by atoms with Crippen molar-refractivity contribution >= 4 is 16.6 Å². The van der Waals surface area contributed by atoms with Crippen LogP contribution < -0.4 is 10.6 Å². The van der Waals surface area contributed by atoms with Crippen LogP contribution >= 0.6 is 0 Å². The molecule has 0 bridgehead atoms. The summed E-state index contributed by atoms with van der Waals surface area (Å²) >= 11 is 0. The Morgan fingerprint density at radius 1 is 1.26 bits per heavy atom. The Kier molecular flexibility index (Phi) is 2.75. The molecule has 0 radical (unpaired) electrons. The molecule has 0 saturated carbocycles. The molecule has 1 aromatic heterocycles. The van der Waals surface area contributed by atoms with Gasteiger partial charge in [-0.15, -0.1) is 0 Å². The van der Waals surface area contributed by atoms with Crippen molar-refractivity contribution in [2.75, 3.05) is 4.90 Å². The lowest BCUT2D eigenvalue weighted by Crippen LogP contribution is -2.38. The average Bonchev–Trinajstić information content (AvgIpc) is 2.47. The molecule has 1 aliphatic heterocycles. The second-order valence-corrected chi connectivity index (χ2v) is 4.30. The van der Waals surface area contributed by atoms with Crippen molar-refractivity contribution in [1.29, 1.82) is 5.26 Å². The summed E-state index contributed by atoms with van der Waals surface area (Å²) < 4.78 is 0. The third-order valence-electron chi connectivity index (χ3n) is 3.11. The molecular formula is C15H12N4. The Balaban J connectivity index is 2.17. The summed E-state index contributed by atoms with van der Waals surface area (Å²) in [6, 6.07) is 11.9. The maximum atomic E-state index is 9.01. The van der Waals surface area contributed by atoms with Crippen LogP contribution in [0.2, 0.25) is 0 Å². The molecule has 2 heterocycles. The molecule has 3 rings (SSSR count). The molecule has 1 atom stereocenters. The third-order valence-corrected chi connectivity index (χ3v) is 3.11. The number of benzene rings is 1. The van der Waals surface area contributed by atoms with Crippen LogP contribution in [0.3, 0.4) is 0 Å². The molecule has 2 N–H and O–H groups in total. The van der Waals surface area contributed by atoms with Gasteiger partial charge in [0.2, 0.25) is 0 Å². The quantitative estimate of drug-likeness (QED) is 0.841. The summed E-state index contributed by atoms with van der Waals surface area (Å²) in [6.45, 7) is 0. The number of para-hydroxylation sites is 1. The first-order valence-electron chi connectivity index (χ1n) is 5.97. The van der Waals surface area contributed by atoms with Gasteiger partial charge in [-0.3, -0.25) is 4.98 Å². The van der Waals surface area contributed by atoms with E-state index in [0.717, 1.165) is 16.6 Å². The van der Waals surface area contributed by atoms with E-state index in [1.165, 1.54) is 0 Å². The highest BCUT2D eigenvalue weighted by Gasteiger charge is 2.17. The zero-order valence-electron chi connectivity index (χ0n) is 10.2. The van der Waals surface area contributed by atoms with Gasteiger partial charge < -0.3 is 10.6 Å². The van der Waals surface area contributed by atoms with Crippen molar-refractivity contribution in [2.24, 2.45) is 5.73 Å². The summed E-state index contributed by atoms with van der Waals surface area (Å²) in [4.78, 5) is 6.22. The van der Waals surface area contributed by atoms with Crippen LogP contribution in [-0.4, -0.2) is 11.1 Å². The smallest absolute Gasteiger partial charge is 0.101 e. The first-order valence-corrected chi connectivity index (χ1v) is 5.97. The van der Waals surface area contributed by atoms with Gasteiger partial charge in [-0.25, -0.2) is 0 Å². The number of allylic oxidation sites excluding steroid dienone is 2. The van der Waals surface area contributed by atoms with Crippen molar-refractivity contribution in [2.45, 2.75) is 6.17 Å². The lowest BCUT2D eigenvalue weighted by Gasteiger charge is -2.29. The van der Waals surface area contributed by atoms with Crippen LogP contribution in [-0.2, 0) is 0 Å². The highest BCUT2D eigenvalue weighted by Crippen LogP contribution is 2.28. The lowest BCUT2D eigenvalue weighted by molar-refractivity contribution is 0.808. The van der Waals surface area contributed by atoms with Gasteiger partial charge >= 0.3 is 0 Å². The molecule has 2 aromatic rings. The number of anilines is 1. The third kappa shape index (κ3) is 1.96. The van der Waals surface area contributed by atoms with Crippen LogP contribution in [0.25, 0.3) is 10.9 Å². The number of rotatable bonds is 1. The van der Waals surface area contributed by atoms with Crippen LogP contribution in [0.4, 0.5) is 5.69 Å². The van der Waals surface area contributed by atoms with Crippen LogP contribution in [0.1, 0.15) is 0 Å². The van der Waals surface area contributed by atoms with Gasteiger partial charge in [0.15, 0.2) is 0 Å². The van der Waals surface area contributed by atoms with Crippen molar-refractivity contribution in [3.05, 3.63) is 60.5 Å². The summed E-state index contributed by atoms with van der Waals surface area (Å²) in [6.07, 6.45) is 6.80. The maximum Gasteiger partial charge on any atom is 0.101 e. The monoisotopic (exact) mass is 248 g/mol. The minimum Gasteiger partial charge on any atom is -0.327 e. The summed E-state index contributed by atoms with van der Waals surface area (Å²) in [5.41, 5.74) is 8.53. The van der Waals surface area contributed by atoms with E-state index in [1.54, 1.807) is 18.5 Å². The summed E-state index contributed by atoms with van der Waals surface area (Å²) in [5.74, 6) is 0. The minimum atomic E-state index is -0.275. The molecule has 0 fully saturated rings. The normalized spacial score (nSPS) is 18.2. The fourth-order valence-corrected chi connectivity index (χ4v) is 2.18. The van der Waals surface area contributed by atoms with E-state index < -0.39 is 0 Å². The second-order valence-electron chi connectivity index (χ2n) is 4.30. The maximum absolute atomic E-state index is 9.01. The number of nitrogens with zero attached hydrogens (tertiary/aromatic N) is 3. The molecule has 0 aliphatic carbocycles. The Morgan fingerprint density at radius 3 is 2.95 bits per heavy atom. The van der Waals surface area contributed by atoms with Crippen molar-refractivity contribution in [3.63, 3.8) is 0 Å². The van der Waals surface area contributed by atoms with Crippen molar-refractivity contribution in [3.8, 4) is 6.07 Å². The van der Waals surface area contributed by atoms with Crippen molar-refractivity contribution < 1.29 is 0 Å². The molecular weight excluding hydrogens is 236 g/mol. The Bertz CT molecular complexity index is 719. The van der Waals surface area contributed by atoms with Crippen LogP contribution in [0.5, 0.6) is 0 Å². The zero-order chi connectivity index (χ0) is 13.2. The Hall–Kier alpha value is -2.64. The zero-order valence-corrected chi connectivity index (χ0v) is 10.2. The fraction of sp³-hybridized carbons (Fsp3) is 0.0667. The highest BCUT2D eigenvalue weighted by atomic mass is 15.2. The molecule has 0 saturated heterocycles. The fourth-order valence-electron chi connectivity index (χ4n) is 2.18. The largest absolute Gasteiger partial charge is 0.327 e. The van der Waals surface area contributed by atoms with E-state index in [-0.39, 0.29) is 6.17 Å². The standard InChI is InChI=1S/C15H12N4/c16-9-11-5-6-15(17)19(10-11)14-7-8-18-13-4-2-1-3-12(13)14/h1-8,10,15H,17H2. The number of nitrogens with two attached hydrogens (primary N) is 1. The SMILES string of the molecule is N#CC1=CN(c2ccnc3ccccc23)C(N)C=C1. The van der Waals surface area contributed by atoms with Gasteiger partial charge in [-0.05, 0) is 24.3 Å². The molecule has 0 amide bonds. The number of nitriles is 1. The molecule has 1 unspecified atom stereocenters. The summed E-state index contributed by atoms with van der Waals surface area (Å²) in [7, 11) is 0. The van der Waals surface area contributed by atoms with Crippen molar-refractivity contribution in [1.82, 2.24) is 4.98 Å². The first-order chi connectivity index (χ1) is 9.29. The Labute approximate surface area is 111 Å². The van der Waals surface area contributed by atoms with Crippen LogP contribution in [0, 0.1) is 11.3 Å². The predicted octanol–water partition coefficient (Wildman–Crippen LogP) is 2.30. The van der Waals surface area contributed by atoms with E-state index in [4.69, 9.17) is 11.0 Å².